The number of H-pyrrole nitrogens is 1. The van der Waals surface area contributed by atoms with E-state index in [4.69, 9.17) is 0 Å². The second kappa shape index (κ2) is 6.10. The number of nitrogens with zero attached hydrogens (tertiary/aromatic N) is 1. The van der Waals surface area contributed by atoms with Crippen LogP contribution in [0.15, 0.2) is 59.8 Å². The normalized spacial score (nSPS) is 10.3. The Morgan fingerprint density at radius 3 is 2.43 bits per heavy atom. The highest BCUT2D eigenvalue weighted by Crippen LogP contribution is 2.06. The molecule has 7 nitrogen and oxygen atoms in total. The number of hydrogen-bond acceptors (Lipinski definition) is 4. The van der Waals surface area contributed by atoms with Gasteiger partial charge < -0.3 is 4.98 Å². The number of para-hydroxylation sites is 1. The summed E-state index contributed by atoms with van der Waals surface area (Å²) in [5.41, 5.74) is 4.96. The van der Waals surface area contributed by atoms with Crippen molar-refractivity contribution in [1.82, 2.24) is 20.8 Å². The lowest BCUT2D eigenvalue weighted by atomic mass is 10.1. The third-order valence-corrected chi connectivity index (χ3v) is 3.27. The molecule has 23 heavy (non-hydrogen) atoms. The Hall–Kier alpha value is -3.48. The molecular formula is C16H12N4O3. The van der Waals surface area contributed by atoms with E-state index in [9.17, 15) is 14.4 Å². The van der Waals surface area contributed by atoms with E-state index in [0.29, 0.717) is 16.5 Å². The fourth-order valence-electron chi connectivity index (χ4n) is 2.09. The van der Waals surface area contributed by atoms with Crippen LogP contribution in [0.4, 0.5) is 0 Å². The summed E-state index contributed by atoms with van der Waals surface area (Å²) in [5, 5.41) is 0.403. The molecule has 2 amide bonds. The first kappa shape index (κ1) is 14.5. The third kappa shape index (κ3) is 2.93. The van der Waals surface area contributed by atoms with E-state index >= 15 is 0 Å². The third-order valence-electron chi connectivity index (χ3n) is 3.27. The number of hydrogen-bond donors (Lipinski definition) is 3. The molecule has 0 saturated carbocycles. The molecule has 0 radical (unpaired) electrons. The number of carbonyl (C=O) groups excluding carboxylic acids is 2. The lowest BCUT2D eigenvalue weighted by Crippen LogP contribution is -2.43. The number of hydrazine groups is 1. The molecule has 0 saturated heterocycles. The maximum Gasteiger partial charge on any atom is 0.275 e. The molecular weight excluding hydrogens is 296 g/mol. The summed E-state index contributed by atoms with van der Waals surface area (Å²) in [4.78, 5) is 42.9. The second-order valence-corrected chi connectivity index (χ2v) is 4.72. The molecule has 0 aliphatic heterocycles. The topological polar surface area (TPSA) is 104 Å². The van der Waals surface area contributed by atoms with Gasteiger partial charge in [-0.05, 0) is 24.3 Å². The van der Waals surface area contributed by atoms with Gasteiger partial charge in [-0.15, -0.1) is 0 Å². The summed E-state index contributed by atoms with van der Waals surface area (Å²) in [6, 6.07) is 9.87. The van der Waals surface area contributed by atoms with Crippen LogP contribution in [0.2, 0.25) is 0 Å². The first-order chi connectivity index (χ1) is 11.2. The number of aromatic amines is 1. The predicted molar refractivity (Wildman–Crippen MR) is 83.7 cm³/mol. The molecule has 2 aromatic heterocycles. The Balaban J connectivity index is 1.78. The molecule has 0 aliphatic carbocycles. The van der Waals surface area contributed by atoms with Crippen molar-refractivity contribution in [2.45, 2.75) is 0 Å². The van der Waals surface area contributed by atoms with Crippen LogP contribution < -0.4 is 16.3 Å². The first-order valence-corrected chi connectivity index (χ1v) is 6.78. The smallest absolute Gasteiger partial charge is 0.275 e. The van der Waals surface area contributed by atoms with E-state index in [1.165, 1.54) is 30.7 Å². The quantitative estimate of drug-likeness (QED) is 0.614. The van der Waals surface area contributed by atoms with Gasteiger partial charge in [0.25, 0.3) is 11.8 Å². The summed E-state index contributed by atoms with van der Waals surface area (Å²) in [7, 11) is 0. The molecule has 0 unspecified atom stereocenters. The minimum atomic E-state index is -0.695. The van der Waals surface area contributed by atoms with Gasteiger partial charge in [0.2, 0.25) is 5.43 Å². The molecule has 7 heteroatoms. The summed E-state index contributed by atoms with van der Waals surface area (Å²) < 4.78 is 0. The van der Waals surface area contributed by atoms with Gasteiger partial charge in [-0.3, -0.25) is 30.2 Å². The predicted octanol–water partition coefficient (Wildman–Crippen LogP) is 0.998. The molecule has 0 bridgehead atoms. The molecule has 0 fully saturated rings. The van der Waals surface area contributed by atoms with E-state index < -0.39 is 17.2 Å². The number of pyridine rings is 2. The van der Waals surface area contributed by atoms with Gasteiger partial charge in [0, 0.05) is 35.1 Å². The fraction of sp³-hybridized carbons (Fsp3) is 0. The van der Waals surface area contributed by atoms with Crippen molar-refractivity contribution in [2.75, 3.05) is 0 Å². The summed E-state index contributed by atoms with van der Waals surface area (Å²) in [6.07, 6.45) is 4.24. The van der Waals surface area contributed by atoms with E-state index in [2.05, 4.69) is 20.8 Å². The van der Waals surface area contributed by atoms with Crippen LogP contribution in [0.25, 0.3) is 10.9 Å². The van der Waals surface area contributed by atoms with E-state index in [1.807, 2.05) is 0 Å². The van der Waals surface area contributed by atoms with Crippen molar-refractivity contribution in [3.05, 3.63) is 76.3 Å². The molecule has 3 N–H and O–H groups in total. The first-order valence-electron chi connectivity index (χ1n) is 6.78. The highest BCUT2D eigenvalue weighted by atomic mass is 16.2. The molecule has 0 atom stereocenters. The minimum absolute atomic E-state index is 0.0845. The monoisotopic (exact) mass is 308 g/mol. The van der Waals surface area contributed by atoms with Gasteiger partial charge >= 0.3 is 0 Å². The molecule has 2 heterocycles. The number of aromatic nitrogens is 2. The van der Waals surface area contributed by atoms with Gasteiger partial charge in [0.15, 0.2) is 0 Å². The highest BCUT2D eigenvalue weighted by Gasteiger charge is 2.14. The lowest BCUT2D eigenvalue weighted by molar-refractivity contribution is 0.0846. The average Bonchev–Trinajstić information content (AvgIpc) is 2.60. The van der Waals surface area contributed by atoms with Gasteiger partial charge in [-0.2, -0.15) is 0 Å². The maximum atomic E-state index is 12.3. The second-order valence-electron chi connectivity index (χ2n) is 4.72. The van der Waals surface area contributed by atoms with Crippen molar-refractivity contribution in [2.24, 2.45) is 0 Å². The Morgan fingerprint density at radius 1 is 0.957 bits per heavy atom. The van der Waals surface area contributed by atoms with E-state index in [-0.39, 0.29) is 5.56 Å². The number of carbonyl (C=O) groups is 2. The summed E-state index contributed by atoms with van der Waals surface area (Å²) in [6.45, 7) is 0. The van der Waals surface area contributed by atoms with Gasteiger partial charge in [0.05, 0.1) is 0 Å². The molecule has 3 rings (SSSR count). The number of nitrogens with one attached hydrogen (secondary N) is 3. The van der Waals surface area contributed by atoms with Crippen LogP contribution in [-0.2, 0) is 0 Å². The SMILES string of the molecule is O=C(NNC(=O)c1c[nH]c2ccccc2c1=O)c1ccncc1. The van der Waals surface area contributed by atoms with Gasteiger partial charge in [-0.25, -0.2) is 0 Å². The van der Waals surface area contributed by atoms with E-state index in [1.54, 1.807) is 24.3 Å². The Bertz CT molecular complexity index is 935. The zero-order valence-electron chi connectivity index (χ0n) is 11.9. The van der Waals surface area contributed by atoms with Crippen molar-refractivity contribution in [1.29, 1.82) is 0 Å². The van der Waals surface area contributed by atoms with Gasteiger partial charge in [0.1, 0.15) is 5.56 Å². The fourth-order valence-corrected chi connectivity index (χ4v) is 2.09. The van der Waals surface area contributed by atoms with Crippen LogP contribution in [0.3, 0.4) is 0 Å². The number of benzene rings is 1. The maximum absolute atomic E-state index is 12.3. The molecule has 3 aromatic rings. The zero-order chi connectivity index (χ0) is 16.2. The van der Waals surface area contributed by atoms with E-state index in [0.717, 1.165) is 0 Å². The molecule has 0 spiro atoms. The van der Waals surface area contributed by atoms with Crippen LogP contribution >= 0.6 is 0 Å². The van der Waals surface area contributed by atoms with Crippen molar-refractivity contribution in [3.63, 3.8) is 0 Å². The van der Waals surface area contributed by atoms with Crippen LogP contribution in [-0.4, -0.2) is 21.8 Å². The summed E-state index contributed by atoms with van der Waals surface area (Å²) >= 11 is 0. The van der Waals surface area contributed by atoms with Gasteiger partial charge in [-0.1, -0.05) is 12.1 Å². The molecule has 114 valence electrons. The molecule has 1 aromatic carbocycles. The molecule has 0 aliphatic rings. The number of amides is 2. The average molecular weight is 308 g/mol. The zero-order valence-corrected chi connectivity index (χ0v) is 11.9. The highest BCUT2D eigenvalue weighted by molar-refractivity contribution is 6.00. The van der Waals surface area contributed by atoms with Crippen molar-refractivity contribution < 1.29 is 9.59 Å². The Labute approximate surface area is 130 Å². The minimum Gasteiger partial charge on any atom is -0.360 e. The number of rotatable bonds is 2. The number of fused-ring (bicyclic) bond motifs is 1. The largest absolute Gasteiger partial charge is 0.360 e. The van der Waals surface area contributed by atoms with Crippen LogP contribution in [0.1, 0.15) is 20.7 Å². The van der Waals surface area contributed by atoms with Crippen molar-refractivity contribution >= 4 is 22.7 Å². The standard InChI is InChI=1S/C16H12N4O3/c21-14-11-3-1-2-4-13(11)18-9-12(14)16(23)20-19-15(22)10-5-7-17-8-6-10/h1-9H,(H,18,21)(H,19,22)(H,20,23). The van der Waals surface area contributed by atoms with Crippen molar-refractivity contribution in [3.8, 4) is 0 Å². The Kier molecular flexibility index (Phi) is 3.84. The Morgan fingerprint density at radius 2 is 1.65 bits per heavy atom. The summed E-state index contributed by atoms with van der Waals surface area (Å²) in [5.74, 6) is -1.20. The van der Waals surface area contributed by atoms with Crippen LogP contribution in [0.5, 0.6) is 0 Å². The van der Waals surface area contributed by atoms with Crippen LogP contribution in [0, 0.1) is 0 Å². The lowest BCUT2D eigenvalue weighted by Gasteiger charge is -2.07.